The second kappa shape index (κ2) is 5.88. The molecule has 0 radical (unpaired) electrons. The number of alkyl halides is 3. The molecular formula is C13H17F3N2O. The summed E-state index contributed by atoms with van der Waals surface area (Å²) in [5.41, 5.74) is -0.572. The van der Waals surface area contributed by atoms with Gasteiger partial charge in [-0.25, -0.2) is 0 Å². The molecule has 0 spiro atoms. The summed E-state index contributed by atoms with van der Waals surface area (Å²) < 4.78 is 38.5. The molecule has 19 heavy (non-hydrogen) atoms. The van der Waals surface area contributed by atoms with E-state index in [1.54, 1.807) is 0 Å². The van der Waals surface area contributed by atoms with E-state index in [0.717, 1.165) is 18.9 Å². The Morgan fingerprint density at radius 2 is 2.00 bits per heavy atom. The number of piperidine rings is 1. The van der Waals surface area contributed by atoms with Crippen LogP contribution in [0, 0.1) is 5.92 Å². The molecule has 1 aromatic rings. The van der Waals surface area contributed by atoms with Crippen LogP contribution in [-0.2, 0) is 12.7 Å². The maximum absolute atomic E-state index is 12.8. The van der Waals surface area contributed by atoms with Crippen molar-refractivity contribution in [2.75, 3.05) is 19.7 Å². The molecule has 1 aliphatic heterocycles. The number of aliphatic hydroxyl groups excluding tert-OH is 1. The molecule has 0 bridgehead atoms. The standard InChI is InChI=1S/C13H17F3N2O/c14-13(15,16)11-2-1-5-17-12(11)8-18-6-3-10(9-19)4-7-18/h1-2,5,10,19H,3-4,6-9H2. The third-order valence-electron chi connectivity index (χ3n) is 3.53. The highest BCUT2D eigenvalue weighted by molar-refractivity contribution is 5.22. The quantitative estimate of drug-likeness (QED) is 0.919. The third-order valence-corrected chi connectivity index (χ3v) is 3.53. The second-order valence-electron chi connectivity index (χ2n) is 4.90. The van der Waals surface area contributed by atoms with Gasteiger partial charge in [0.05, 0.1) is 11.3 Å². The smallest absolute Gasteiger partial charge is 0.396 e. The summed E-state index contributed by atoms with van der Waals surface area (Å²) >= 11 is 0. The van der Waals surface area contributed by atoms with Crippen LogP contribution >= 0.6 is 0 Å². The van der Waals surface area contributed by atoms with E-state index in [2.05, 4.69) is 4.98 Å². The maximum atomic E-state index is 12.8. The molecule has 106 valence electrons. The van der Waals surface area contributed by atoms with E-state index in [9.17, 15) is 13.2 Å². The lowest BCUT2D eigenvalue weighted by Gasteiger charge is -2.31. The van der Waals surface area contributed by atoms with E-state index in [0.29, 0.717) is 13.1 Å². The lowest BCUT2D eigenvalue weighted by atomic mass is 9.97. The van der Waals surface area contributed by atoms with Crippen molar-refractivity contribution in [3.63, 3.8) is 0 Å². The van der Waals surface area contributed by atoms with Crippen molar-refractivity contribution in [1.82, 2.24) is 9.88 Å². The predicted octanol–water partition coefficient (Wildman–Crippen LogP) is 2.30. The minimum absolute atomic E-state index is 0.0810. The Kier molecular flexibility index (Phi) is 4.42. The monoisotopic (exact) mass is 274 g/mol. The summed E-state index contributed by atoms with van der Waals surface area (Å²) in [5, 5.41) is 9.04. The largest absolute Gasteiger partial charge is 0.418 e. The molecule has 0 aromatic carbocycles. The van der Waals surface area contributed by atoms with Crippen molar-refractivity contribution in [2.24, 2.45) is 5.92 Å². The second-order valence-corrected chi connectivity index (χ2v) is 4.90. The highest BCUT2D eigenvalue weighted by atomic mass is 19.4. The van der Waals surface area contributed by atoms with Crippen molar-refractivity contribution in [2.45, 2.75) is 25.6 Å². The molecule has 6 heteroatoms. The minimum atomic E-state index is -4.35. The maximum Gasteiger partial charge on any atom is 0.418 e. The highest BCUT2D eigenvalue weighted by Gasteiger charge is 2.34. The normalized spacial score (nSPS) is 18.7. The van der Waals surface area contributed by atoms with Gasteiger partial charge in [-0.1, -0.05) is 0 Å². The van der Waals surface area contributed by atoms with Gasteiger partial charge < -0.3 is 5.11 Å². The zero-order valence-corrected chi connectivity index (χ0v) is 10.5. The zero-order valence-electron chi connectivity index (χ0n) is 10.5. The summed E-state index contributed by atoms with van der Waals surface area (Å²) in [6.07, 6.45) is -1.31. The molecule has 2 rings (SSSR count). The summed E-state index contributed by atoms with van der Waals surface area (Å²) in [7, 11) is 0. The molecule has 1 aromatic heterocycles. The van der Waals surface area contributed by atoms with Crippen molar-refractivity contribution in [3.05, 3.63) is 29.6 Å². The Bertz CT molecular complexity index is 415. The summed E-state index contributed by atoms with van der Waals surface area (Å²) in [6, 6.07) is 2.38. The van der Waals surface area contributed by atoms with Gasteiger partial charge in [0.1, 0.15) is 0 Å². The van der Waals surface area contributed by atoms with Crippen molar-refractivity contribution < 1.29 is 18.3 Å². The fraction of sp³-hybridized carbons (Fsp3) is 0.615. The number of aromatic nitrogens is 1. The van der Waals surface area contributed by atoms with Crippen molar-refractivity contribution >= 4 is 0 Å². The van der Waals surface area contributed by atoms with Crippen LogP contribution in [0.4, 0.5) is 13.2 Å². The van der Waals surface area contributed by atoms with Gasteiger partial charge in [0.15, 0.2) is 0 Å². The molecule has 0 saturated carbocycles. The Morgan fingerprint density at radius 3 is 2.58 bits per heavy atom. The van der Waals surface area contributed by atoms with Crippen molar-refractivity contribution in [1.29, 1.82) is 0 Å². The molecule has 0 atom stereocenters. The summed E-state index contributed by atoms with van der Waals surface area (Å²) in [6.45, 7) is 1.79. The van der Waals surface area contributed by atoms with Gasteiger partial charge in [-0.3, -0.25) is 9.88 Å². The van der Waals surface area contributed by atoms with E-state index in [1.807, 2.05) is 4.90 Å². The average molecular weight is 274 g/mol. The first-order valence-electron chi connectivity index (χ1n) is 6.35. The Hall–Kier alpha value is -1.14. The molecule has 0 aliphatic carbocycles. The molecule has 1 fully saturated rings. The van der Waals surface area contributed by atoms with Crippen LogP contribution < -0.4 is 0 Å². The van der Waals surface area contributed by atoms with Crippen molar-refractivity contribution in [3.8, 4) is 0 Å². The molecule has 1 N–H and O–H groups in total. The highest BCUT2D eigenvalue weighted by Crippen LogP contribution is 2.31. The van der Waals surface area contributed by atoms with Gasteiger partial charge in [-0.05, 0) is 44.0 Å². The molecule has 1 saturated heterocycles. The van der Waals surface area contributed by atoms with Gasteiger partial charge in [-0.2, -0.15) is 13.2 Å². The molecule has 1 aliphatic rings. The lowest BCUT2D eigenvalue weighted by molar-refractivity contribution is -0.138. The molecular weight excluding hydrogens is 257 g/mol. The van der Waals surface area contributed by atoms with E-state index in [4.69, 9.17) is 5.11 Å². The SMILES string of the molecule is OCC1CCN(Cc2ncccc2C(F)(F)F)CC1. The summed E-state index contributed by atoms with van der Waals surface area (Å²) in [5.74, 6) is 0.280. The Morgan fingerprint density at radius 1 is 1.32 bits per heavy atom. The number of halogens is 3. The van der Waals surface area contributed by atoms with Crippen LogP contribution in [0.15, 0.2) is 18.3 Å². The van der Waals surface area contributed by atoms with E-state index in [-0.39, 0.29) is 24.8 Å². The van der Waals surface area contributed by atoms with E-state index in [1.165, 1.54) is 12.3 Å². The molecule has 3 nitrogen and oxygen atoms in total. The first-order chi connectivity index (χ1) is 9.00. The van der Waals surface area contributed by atoms with Crippen LogP contribution in [0.5, 0.6) is 0 Å². The summed E-state index contributed by atoms with van der Waals surface area (Å²) in [4.78, 5) is 5.83. The third kappa shape index (κ3) is 3.67. The fourth-order valence-corrected chi connectivity index (χ4v) is 2.36. The number of likely N-dealkylation sites (tertiary alicyclic amines) is 1. The number of pyridine rings is 1. The number of hydrogen-bond donors (Lipinski definition) is 1. The van der Waals surface area contributed by atoms with Gasteiger partial charge in [0.2, 0.25) is 0 Å². The Balaban J connectivity index is 2.04. The van der Waals surface area contributed by atoms with Gasteiger partial charge in [0, 0.05) is 19.3 Å². The topological polar surface area (TPSA) is 36.4 Å². The van der Waals surface area contributed by atoms with E-state index < -0.39 is 11.7 Å². The van der Waals surface area contributed by atoms with Crippen LogP contribution in [0.2, 0.25) is 0 Å². The van der Waals surface area contributed by atoms with Crippen LogP contribution in [0.3, 0.4) is 0 Å². The number of nitrogens with zero attached hydrogens (tertiary/aromatic N) is 2. The first-order valence-corrected chi connectivity index (χ1v) is 6.35. The van der Waals surface area contributed by atoms with Crippen LogP contribution in [0.1, 0.15) is 24.1 Å². The van der Waals surface area contributed by atoms with Crippen LogP contribution in [0.25, 0.3) is 0 Å². The van der Waals surface area contributed by atoms with Gasteiger partial charge in [-0.15, -0.1) is 0 Å². The number of hydrogen-bond acceptors (Lipinski definition) is 3. The predicted molar refractivity (Wildman–Crippen MR) is 64.3 cm³/mol. The van der Waals surface area contributed by atoms with E-state index >= 15 is 0 Å². The molecule has 0 amide bonds. The minimum Gasteiger partial charge on any atom is -0.396 e. The first kappa shape index (κ1) is 14.3. The number of rotatable bonds is 3. The Labute approximate surface area is 110 Å². The fourth-order valence-electron chi connectivity index (χ4n) is 2.36. The van der Waals surface area contributed by atoms with Gasteiger partial charge in [0.25, 0.3) is 0 Å². The molecule has 2 heterocycles. The lowest BCUT2D eigenvalue weighted by Crippen LogP contribution is -2.35. The average Bonchev–Trinajstić information content (AvgIpc) is 2.39. The van der Waals surface area contributed by atoms with Crippen LogP contribution in [-0.4, -0.2) is 34.7 Å². The van der Waals surface area contributed by atoms with Gasteiger partial charge >= 0.3 is 6.18 Å². The number of aliphatic hydroxyl groups is 1. The zero-order chi connectivity index (χ0) is 13.9. The molecule has 0 unspecified atom stereocenters.